The molecule has 1 N–H and O–H groups in total. The topological polar surface area (TPSA) is 68.0 Å². The van der Waals surface area contributed by atoms with Crippen molar-refractivity contribution in [2.45, 2.75) is 39.0 Å². The van der Waals surface area contributed by atoms with Crippen molar-refractivity contribution in [3.05, 3.63) is 70.9 Å². The van der Waals surface area contributed by atoms with E-state index < -0.39 is 0 Å². The van der Waals surface area contributed by atoms with E-state index >= 15 is 0 Å². The first-order valence-corrected chi connectivity index (χ1v) is 8.94. The third-order valence-electron chi connectivity index (χ3n) is 4.88. The number of benzene rings is 1. The molecule has 5 heteroatoms. The maximum Gasteiger partial charge on any atom is 0.227 e. The maximum absolute atomic E-state index is 12.6. The van der Waals surface area contributed by atoms with Crippen molar-refractivity contribution in [2.75, 3.05) is 5.32 Å². The lowest BCUT2D eigenvalue weighted by atomic mass is 9.84. The van der Waals surface area contributed by atoms with Gasteiger partial charge in [0, 0.05) is 24.4 Å². The molecule has 0 unspecified atom stereocenters. The highest BCUT2D eigenvalue weighted by Gasteiger charge is 2.31. The lowest BCUT2D eigenvalue weighted by Crippen LogP contribution is -2.22. The van der Waals surface area contributed by atoms with Crippen LogP contribution in [0.5, 0.6) is 0 Å². The largest absolute Gasteiger partial charge is 0.469 e. The summed E-state index contributed by atoms with van der Waals surface area (Å²) in [6.07, 6.45) is 3.77. The number of carbonyl (C=O) groups is 1. The Morgan fingerprint density at radius 1 is 1.15 bits per heavy atom. The predicted molar refractivity (Wildman–Crippen MR) is 100.0 cm³/mol. The monoisotopic (exact) mass is 347 g/mol. The SMILES string of the molecule is CCc1ccc(Nc2nc(C)c3c(n2)C[C@H](c2ccco2)CC3=O)cc1. The average Bonchev–Trinajstić information content (AvgIpc) is 3.16. The van der Waals surface area contributed by atoms with Crippen LogP contribution in [-0.2, 0) is 12.8 Å². The molecule has 5 nitrogen and oxygen atoms in total. The van der Waals surface area contributed by atoms with Crippen molar-refractivity contribution < 1.29 is 9.21 Å². The second-order valence-corrected chi connectivity index (χ2v) is 6.67. The number of nitrogens with zero attached hydrogens (tertiary/aromatic N) is 2. The third-order valence-corrected chi connectivity index (χ3v) is 4.88. The number of nitrogens with one attached hydrogen (secondary N) is 1. The van der Waals surface area contributed by atoms with E-state index in [4.69, 9.17) is 4.42 Å². The molecule has 0 spiro atoms. The van der Waals surface area contributed by atoms with Gasteiger partial charge in [-0.15, -0.1) is 0 Å². The first-order chi connectivity index (χ1) is 12.6. The van der Waals surface area contributed by atoms with Crippen LogP contribution in [0.4, 0.5) is 11.6 Å². The molecule has 0 radical (unpaired) electrons. The zero-order chi connectivity index (χ0) is 18.1. The van der Waals surface area contributed by atoms with Gasteiger partial charge in [0.25, 0.3) is 0 Å². The van der Waals surface area contributed by atoms with Gasteiger partial charge in [0.15, 0.2) is 5.78 Å². The molecule has 132 valence electrons. The number of hydrogen-bond acceptors (Lipinski definition) is 5. The van der Waals surface area contributed by atoms with Gasteiger partial charge in [-0.2, -0.15) is 0 Å². The van der Waals surface area contributed by atoms with Gasteiger partial charge >= 0.3 is 0 Å². The Hall–Kier alpha value is -2.95. The molecule has 0 amide bonds. The predicted octanol–water partition coefficient (Wildman–Crippen LogP) is 4.60. The highest BCUT2D eigenvalue weighted by Crippen LogP contribution is 2.33. The standard InChI is InChI=1S/C21H21N3O2/c1-3-14-6-8-16(9-7-14)23-21-22-13(2)20-17(24-21)11-15(12-18(20)25)19-5-4-10-26-19/h4-10,15H,3,11-12H2,1-2H3,(H,22,23,24)/t15-/m0/s1. The zero-order valence-corrected chi connectivity index (χ0v) is 15.0. The van der Waals surface area contributed by atoms with E-state index in [1.165, 1.54) is 5.56 Å². The first kappa shape index (κ1) is 16.5. The van der Waals surface area contributed by atoms with Gasteiger partial charge in [-0.25, -0.2) is 9.97 Å². The van der Waals surface area contributed by atoms with Gasteiger partial charge in [-0.3, -0.25) is 4.79 Å². The molecule has 2 heterocycles. The quantitative estimate of drug-likeness (QED) is 0.747. The van der Waals surface area contributed by atoms with Gasteiger partial charge < -0.3 is 9.73 Å². The number of fused-ring (bicyclic) bond motifs is 1. The van der Waals surface area contributed by atoms with Gasteiger partial charge in [0.05, 0.1) is 23.2 Å². The van der Waals surface area contributed by atoms with Crippen molar-refractivity contribution >= 4 is 17.4 Å². The Balaban J connectivity index is 1.63. The molecule has 4 rings (SSSR count). The molecule has 3 aromatic rings. The fourth-order valence-electron chi connectivity index (χ4n) is 3.51. The van der Waals surface area contributed by atoms with Gasteiger partial charge in [0.2, 0.25) is 5.95 Å². The normalized spacial score (nSPS) is 16.4. The van der Waals surface area contributed by atoms with Crippen LogP contribution in [0, 0.1) is 6.92 Å². The minimum Gasteiger partial charge on any atom is -0.469 e. The molecular formula is C21H21N3O2. The van der Waals surface area contributed by atoms with E-state index in [0.717, 1.165) is 29.3 Å². The summed E-state index contributed by atoms with van der Waals surface area (Å²) in [6, 6.07) is 12.0. The van der Waals surface area contributed by atoms with Crippen LogP contribution in [0.15, 0.2) is 47.1 Å². The third kappa shape index (κ3) is 3.12. The minimum absolute atomic E-state index is 0.0380. The van der Waals surface area contributed by atoms with Gasteiger partial charge in [0.1, 0.15) is 5.76 Å². The van der Waals surface area contributed by atoms with E-state index in [2.05, 4.69) is 34.3 Å². The summed E-state index contributed by atoms with van der Waals surface area (Å²) < 4.78 is 5.50. The first-order valence-electron chi connectivity index (χ1n) is 8.94. The van der Waals surface area contributed by atoms with Gasteiger partial charge in [-0.1, -0.05) is 19.1 Å². The van der Waals surface area contributed by atoms with Gasteiger partial charge in [-0.05, 0) is 43.2 Å². The Morgan fingerprint density at radius 2 is 1.96 bits per heavy atom. The molecule has 0 fully saturated rings. The molecule has 1 aliphatic rings. The molecule has 0 saturated carbocycles. The number of ketones is 1. The highest BCUT2D eigenvalue weighted by molar-refractivity contribution is 5.99. The number of furan rings is 1. The van der Waals surface area contributed by atoms with Crippen LogP contribution in [0.3, 0.4) is 0 Å². The summed E-state index contributed by atoms with van der Waals surface area (Å²) in [5.41, 5.74) is 4.41. The Labute approximate surface area is 152 Å². The second kappa shape index (κ2) is 6.75. The van der Waals surface area contributed by atoms with Crippen LogP contribution in [0.25, 0.3) is 0 Å². The number of Topliss-reactive ketones (excluding diaryl/α,β-unsaturated/α-hetero) is 1. The molecule has 0 bridgehead atoms. The molecular weight excluding hydrogens is 326 g/mol. The molecule has 0 saturated heterocycles. The number of hydrogen-bond donors (Lipinski definition) is 1. The van der Waals surface area contributed by atoms with Crippen molar-refractivity contribution in [1.82, 2.24) is 9.97 Å². The van der Waals surface area contributed by atoms with Crippen LogP contribution < -0.4 is 5.32 Å². The summed E-state index contributed by atoms with van der Waals surface area (Å²) >= 11 is 0. The fourth-order valence-corrected chi connectivity index (χ4v) is 3.51. The Bertz CT molecular complexity index is 931. The molecule has 1 atom stereocenters. The number of carbonyl (C=O) groups excluding carboxylic acids is 1. The van der Waals surface area contributed by atoms with Crippen LogP contribution in [0.2, 0.25) is 0 Å². The number of aryl methyl sites for hydroxylation is 2. The van der Waals surface area contributed by atoms with Crippen molar-refractivity contribution in [3.8, 4) is 0 Å². The smallest absolute Gasteiger partial charge is 0.227 e. The molecule has 1 aliphatic carbocycles. The second-order valence-electron chi connectivity index (χ2n) is 6.67. The molecule has 0 aliphatic heterocycles. The molecule has 1 aromatic carbocycles. The molecule has 26 heavy (non-hydrogen) atoms. The Kier molecular flexibility index (Phi) is 4.29. The van der Waals surface area contributed by atoms with E-state index in [1.54, 1.807) is 6.26 Å². The van der Waals surface area contributed by atoms with E-state index in [9.17, 15) is 4.79 Å². The fraction of sp³-hybridized carbons (Fsp3) is 0.286. The average molecular weight is 347 g/mol. The lowest BCUT2D eigenvalue weighted by molar-refractivity contribution is 0.0958. The number of anilines is 2. The number of rotatable bonds is 4. The van der Waals surface area contributed by atoms with Crippen molar-refractivity contribution in [1.29, 1.82) is 0 Å². The summed E-state index contributed by atoms with van der Waals surface area (Å²) in [4.78, 5) is 21.7. The highest BCUT2D eigenvalue weighted by atomic mass is 16.3. The number of aromatic nitrogens is 2. The van der Waals surface area contributed by atoms with Crippen LogP contribution >= 0.6 is 0 Å². The van der Waals surface area contributed by atoms with Crippen molar-refractivity contribution in [2.24, 2.45) is 0 Å². The zero-order valence-electron chi connectivity index (χ0n) is 15.0. The molecule has 2 aromatic heterocycles. The van der Waals surface area contributed by atoms with E-state index in [1.807, 2.05) is 31.2 Å². The van der Waals surface area contributed by atoms with E-state index in [0.29, 0.717) is 24.4 Å². The summed E-state index contributed by atoms with van der Waals surface area (Å²) in [5.74, 6) is 1.49. The van der Waals surface area contributed by atoms with Crippen LogP contribution in [-0.4, -0.2) is 15.8 Å². The summed E-state index contributed by atoms with van der Waals surface area (Å²) in [7, 11) is 0. The summed E-state index contributed by atoms with van der Waals surface area (Å²) in [6.45, 7) is 4.00. The Morgan fingerprint density at radius 3 is 2.65 bits per heavy atom. The summed E-state index contributed by atoms with van der Waals surface area (Å²) in [5, 5.41) is 3.25. The van der Waals surface area contributed by atoms with E-state index in [-0.39, 0.29) is 11.7 Å². The minimum atomic E-state index is 0.0380. The lowest BCUT2D eigenvalue weighted by Gasteiger charge is -2.23. The maximum atomic E-state index is 12.6. The van der Waals surface area contributed by atoms with Crippen LogP contribution in [0.1, 0.15) is 52.3 Å². The van der Waals surface area contributed by atoms with Crippen molar-refractivity contribution in [3.63, 3.8) is 0 Å².